The molecule has 0 aliphatic carbocycles. The summed E-state index contributed by atoms with van der Waals surface area (Å²) in [5, 5.41) is 6.24. The Bertz CT molecular complexity index is 434. The first-order valence-electron chi connectivity index (χ1n) is 7.63. The number of rotatable bonds is 7. The number of ether oxygens (including phenoxy) is 2. The Morgan fingerprint density at radius 2 is 1.95 bits per heavy atom. The summed E-state index contributed by atoms with van der Waals surface area (Å²) in [6.45, 7) is 4.70. The van der Waals surface area contributed by atoms with Crippen LogP contribution in [0.2, 0.25) is 0 Å². The Labute approximate surface area is 138 Å². The van der Waals surface area contributed by atoms with Crippen molar-refractivity contribution in [3.8, 4) is 11.5 Å². The topological polar surface area (TPSA) is 59.6 Å². The Morgan fingerprint density at radius 1 is 1.27 bits per heavy atom. The van der Waals surface area contributed by atoms with Crippen LogP contribution >= 0.6 is 12.4 Å². The largest absolute Gasteiger partial charge is 0.494 e. The molecule has 1 fully saturated rings. The lowest BCUT2D eigenvalue weighted by Gasteiger charge is -2.23. The van der Waals surface area contributed by atoms with Gasteiger partial charge < -0.3 is 20.1 Å². The zero-order valence-electron chi connectivity index (χ0n) is 13.0. The van der Waals surface area contributed by atoms with Gasteiger partial charge in [0, 0.05) is 12.6 Å². The second-order valence-electron chi connectivity index (χ2n) is 5.22. The highest BCUT2D eigenvalue weighted by Gasteiger charge is 2.15. The van der Waals surface area contributed by atoms with Gasteiger partial charge in [0.05, 0.1) is 6.61 Å². The minimum Gasteiger partial charge on any atom is -0.494 e. The van der Waals surface area contributed by atoms with Gasteiger partial charge in [-0.05, 0) is 50.1 Å². The van der Waals surface area contributed by atoms with Gasteiger partial charge in [-0.1, -0.05) is 6.92 Å². The molecule has 2 rings (SSSR count). The number of halogens is 1. The minimum absolute atomic E-state index is 0. The van der Waals surface area contributed by atoms with Gasteiger partial charge in [-0.15, -0.1) is 12.4 Å². The predicted octanol–water partition coefficient (Wildman–Crippen LogP) is 2.14. The van der Waals surface area contributed by atoms with Crippen LogP contribution in [0.1, 0.15) is 26.2 Å². The minimum atomic E-state index is -0.0741. The Morgan fingerprint density at radius 3 is 2.55 bits per heavy atom. The fourth-order valence-electron chi connectivity index (χ4n) is 2.25. The first-order chi connectivity index (χ1) is 10.3. The van der Waals surface area contributed by atoms with Crippen molar-refractivity contribution in [2.24, 2.45) is 0 Å². The van der Waals surface area contributed by atoms with Crippen molar-refractivity contribution < 1.29 is 14.3 Å². The highest BCUT2D eigenvalue weighted by molar-refractivity contribution is 5.85. The van der Waals surface area contributed by atoms with Crippen LogP contribution in [0.5, 0.6) is 11.5 Å². The van der Waals surface area contributed by atoms with E-state index in [-0.39, 0.29) is 31.0 Å². The van der Waals surface area contributed by atoms with Gasteiger partial charge in [0.25, 0.3) is 5.91 Å². The molecular formula is C16H25ClN2O3. The Balaban J connectivity index is 0.00000242. The number of amides is 1. The molecule has 1 aromatic carbocycles. The number of hydrogen-bond acceptors (Lipinski definition) is 4. The van der Waals surface area contributed by atoms with Crippen molar-refractivity contribution in [1.82, 2.24) is 10.6 Å². The summed E-state index contributed by atoms with van der Waals surface area (Å²) in [5.41, 5.74) is 0. The van der Waals surface area contributed by atoms with Crippen LogP contribution in [0.4, 0.5) is 0 Å². The highest BCUT2D eigenvalue weighted by atomic mass is 35.5. The molecule has 1 unspecified atom stereocenters. The quantitative estimate of drug-likeness (QED) is 0.805. The fraction of sp³-hybridized carbons (Fsp3) is 0.562. The Kier molecular flexibility index (Phi) is 8.70. The highest BCUT2D eigenvalue weighted by Crippen LogP contribution is 2.17. The number of nitrogens with one attached hydrogen (secondary N) is 2. The molecule has 1 amide bonds. The van der Waals surface area contributed by atoms with Crippen LogP contribution in [-0.2, 0) is 4.79 Å². The first kappa shape index (κ1) is 18.6. The molecule has 5 nitrogen and oxygen atoms in total. The van der Waals surface area contributed by atoms with Crippen LogP contribution in [-0.4, -0.2) is 38.3 Å². The number of carbonyl (C=O) groups is 1. The van der Waals surface area contributed by atoms with Crippen molar-refractivity contribution in [3.63, 3.8) is 0 Å². The smallest absolute Gasteiger partial charge is 0.258 e. The summed E-state index contributed by atoms with van der Waals surface area (Å²) in [5.74, 6) is 1.42. The van der Waals surface area contributed by atoms with E-state index in [0.717, 1.165) is 38.1 Å². The molecule has 1 aromatic rings. The van der Waals surface area contributed by atoms with Crippen molar-refractivity contribution in [3.05, 3.63) is 24.3 Å². The van der Waals surface area contributed by atoms with Gasteiger partial charge in [0.2, 0.25) is 0 Å². The molecule has 0 radical (unpaired) electrons. The third kappa shape index (κ3) is 6.54. The molecule has 1 heterocycles. The second-order valence-corrected chi connectivity index (χ2v) is 5.22. The van der Waals surface area contributed by atoms with Gasteiger partial charge in [0.1, 0.15) is 11.5 Å². The van der Waals surface area contributed by atoms with E-state index in [1.54, 1.807) is 0 Å². The monoisotopic (exact) mass is 328 g/mol. The van der Waals surface area contributed by atoms with Gasteiger partial charge in [0.15, 0.2) is 6.61 Å². The maximum Gasteiger partial charge on any atom is 0.258 e. The van der Waals surface area contributed by atoms with E-state index in [1.807, 2.05) is 24.3 Å². The number of benzene rings is 1. The second kappa shape index (κ2) is 10.3. The molecule has 0 bridgehead atoms. The summed E-state index contributed by atoms with van der Waals surface area (Å²) >= 11 is 0. The molecule has 2 N–H and O–H groups in total. The van der Waals surface area contributed by atoms with Crippen LogP contribution in [0, 0.1) is 0 Å². The number of hydrogen-bond donors (Lipinski definition) is 2. The lowest BCUT2D eigenvalue weighted by atomic mass is 10.1. The molecule has 0 aromatic heterocycles. The average Bonchev–Trinajstić information content (AvgIpc) is 2.53. The van der Waals surface area contributed by atoms with E-state index in [4.69, 9.17) is 9.47 Å². The van der Waals surface area contributed by atoms with Crippen LogP contribution in [0.3, 0.4) is 0 Å². The molecule has 1 aliphatic rings. The van der Waals surface area contributed by atoms with Gasteiger partial charge in [-0.3, -0.25) is 4.79 Å². The van der Waals surface area contributed by atoms with Crippen molar-refractivity contribution in [1.29, 1.82) is 0 Å². The fourth-order valence-corrected chi connectivity index (χ4v) is 2.25. The van der Waals surface area contributed by atoms with E-state index in [9.17, 15) is 4.79 Å². The van der Waals surface area contributed by atoms with Gasteiger partial charge >= 0.3 is 0 Å². The summed E-state index contributed by atoms with van der Waals surface area (Å²) in [6.07, 6.45) is 3.11. The third-order valence-electron chi connectivity index (χ3n) is 3.33. The van der Waals surface area contributed by atoms with E-state index in [2.05, 4.69) is 17.6 Å². The molecule has 0 saturated carbocycles. The molecule has 124 valence electrons. The average molecular weight is 329 g/mol. The van der Waals surface area contributed by atoms with E-state index >= 15 is 0 Å². The molecule has 1 saturated heterocycles. The standard InChI is InChI=1S/C16H24N2O3.ClH/c1-2-10-20-14-5-7-15(8-6-14)21-12-16(19)18-13-4-3-9-17-11-13;/h5-8,13,17H,2-4,9-12H2,1H3,(H,18,19);1H. The maximum atomic E-state index is 11.8. The summed E-state index contributed by atoms with van der Waals surface area (Å²) in [6, 6.07) is 7.57. The van der Waals surface area contributed by atoms with Crippen molar-refractivity contribution >= 4 is 18.3 Å². The SMILES string of the molecule is CCCOc1ccc(OCC(=O)NC2CCCNC2)cc1.Cl. The molecule has 1 atom stereocenters. The lowest BCUT2D eigenvalue weighted by Crippen LogP contribution is -2.46. The Hall–Kier alpha value is -1.46. The van der Waals surface area contributed by atoms with E-state index in [0.29, 0.717) is 12.4 Å². The normalized spacial score (nSPS) is 17.2. The van der Waals surface area contributed by atoms with Crippen molar-refractivity contribution in [2.75, 3.05) is 26.3 Å². The van der Waals surface area contributed by atoms with Crippen LogP contribution in [0.25, 0.3) is 0 Å². The number of carbonyl (C=O) groups excluding carboxylic acids is 1. The van der Waals surface area contributed by atoms with Gasteiger partial charge in [-0.25, -0.2) is 0 Å². The zero-order valence-corrected chi connectivity index (χ0v) is 13.8. The third-order valence-corrected chi connectivity index (χ3v) is 3.33. The number of piperidine rings is 1. The molecule has 1 aliphatic heterocycles. The predicted molar refractivity (Wildman–Crippen MR) is 89.0 cm³/mol. The van der Waals surface area contributed by atoms with Gasteiger partial charge in [-0.2, -0.15) is 0 Å². The summed E-state index contributed by atoms with van der Waals surface area (Å²) in [7, 11) is 0. The van der Waals surface area contributed by atoms with Crippen LogP contribution < -0.4 is 20.1 Å². The summed E-state index contributed by atoms with van der Waals surface area (Å²) in [4.78, 5) is 11.8. The molecule has 6 heteroatoms. The molecular weight excluding hydrogens is 304 g/mol. The zero-order chi connectivity index (χ0) is 14.9. The maximum absolute atomic E-state index is 11.8. The van der Waals surface area contributed by atoms with Crippen LogP contribution in [0.15, 0.2) is 24.3 Å². The van der Waals surface area contributed by atoms with E-state index < -0.39 is 0 Å². The molecule has 0 spiro atoms. The van der Waals surface area contributed by atoms with Crippen molar-refractivity contribution in [2.45, 2.75) is 32.2 Å². The lowest BCUT2D eigenvalue weighted by molar-refractivity contribution is -0.123. The van der Waals surface area contributed by atoms with E-state index in [1.165, 1.54) is 0 Å². The molecule has 22 heavy (non-hydrogen) atoms. The first-order valence-corrected chi connectivity index (χ1v) is 7.63. The summed E-state index contributed by atoms with van der Waals surface area (Å²) < 4.78 is 11.0.